The molecule has 0 saturated heterocycles. The van der Waals surface area contributed by atoms with Gasteiger partial charge in [0, 0.05) is 23.7 Å². The molecule has 5 heteroatoms. The zero-order chi connectivity index (χ0) is 18.8. The molecule has 1 atom stereocenters. The van der Waals surface area contributed by atoms with E-state index in [1.807, 2.05) is 18.2 Å². The standard InChI is InChI=1S/C22H17FN2O2/c23-15-7-5-14(6-8-15)16-11-12-24-13-20(16)25-22(27)19-9-10-21(26)18-4-2-1-3-17(18)19/h1-8,11-13,19H,9-10H2,(H,25,27). The zero-order valence-corrected chi connectivity index (χ0v) is 14.5. The summed E-state index contributed by atoms with van der Waals surface area (Å²) in [5.41, 5.74) is 3.49. The molecule has 3 aromatic rings. The van der Waals surface area contributed by atoms with Crippen LogP contribution in [0.25, 0.3) is 11.1 Å². The summed E-state index contributed by atoms with van der Waals surface area (Å²) >= 11 is 0. The topological polar surface area (TPSA) is 59.1 Å². The number of fused-ring (bicyclic) bond motifs is 1. The van der Waals surface area contributed by atoms with Gasteiger partial charge in [-0.05, 0) is 35.7 Å². The average Bonchev–Trinajstić information content (AvgIpc) is 2.69. The number of amides is 1. The number of carbonyl (C=O) groups is 2. The molecule has 0 radical (unpaired) electrons. The molecule has 1 amide bonds. The molecule has 4 rings (SSSR count). The summed E-state index contributed by atoms with van der Waals surface area (Å²) < 4.78 is 13.2. The molecule has 0 spiro atoms. The predicted octanol–water partition coefficient (Wildman–Crippen LogP) is 4.59. The normalized spacial score (nSPS) is 15.9. The summed E-state index contributed by atoms with van der Waals surface area (Å²) in [7, 11) is 0. The number of Topliss-reactive ketones (excluding diaryl/α,β-unsaturated/α-hetero) is 1. The lowest BCUT2D eigenvalue weighted by atomic mass is 9.81. The number of nitrogens with zero attached hydrogens (tertiary/aromatic N) is 1. The van der Waals surface area contributed by atoms with Gasteiger partial charge in [-0.1, -0.05) is 36.4 Å². The second-order valence-electron chi connectivity index (χ2n) is 6.52. The Balaban J connectivity index is 1.64. The van der Waals surface area contributed by atoms with Crippen LogP contribution in [-0.2, 0) is 4.79 Å². The molecule has 0 fully saturated rings. The number of hydrogen-bond acceptors (Lipinski definition) is 3. The third-order valence-electron chi connectivity index (χ3n) is 4.85. The van der Waals surface area contributed by atoms with Crippen LogP contribution in [0.2, 0.25) is 0 Å². The number of benzene rings is 2. The van der Waals surface area contributed by atoms with Gasteiger partial charge in [-0.2, -0.15) is 0 Å². The van der Waals surface area contributed by atoms with Crippen molar-refractivity contribution in [2.45, 2.75) is 18.8 Å². The molecule has 1 aromatic heterocycles. The highest BCUT2D eigenvalue weighted by molar-refractivity contribution is 6.05. The van der Waals surface area contributed by atoms with Crippen molar-refractivity contribution in [3.05, 3.63) is 83.9 Å². The quantitative estimate of drug-likeness (QED) is 0.743. The van der Waals surface area contributed by atoms with E-state index in [0.29, 0.717) is 24.1 Å². The Hall–Kier alpha value is -3.34. The number of hydrogen-bond donors (Lipinski definition) is 1. The van der Waals surface area contributed by atoms with E-state index in [9.17, 15) is 14.0 Å². The lowest BCUT2D eigenvalue weighted by Crippen LogP contribution is -2.27. The van der Waals surface area contributed by atoms with Gasteiger partial charge in [0.25, 0.3) is 0 Å². The molecule has 1 aliphatic rings. The van der Waals surface area contributed by atoms with Crippen LogP contribution < -0.4 is 5.32 Å². The van der Waals surface area contributed by atoms with Crippen LogP contribution >= 0.6 is 0 Å². The molecule has 0 saturated carbocycles. The van der Waals surface area contributed by atoms with Gasteiger partial charge in [-0.15, -0.1) is 0 Å². The highest BCUT2D eigenvalue weighted by atomic mass is 19.1. The monoisotopic (exact) mass is 360 g/mol. The average molecular weight is 360 g/mol. The fourth-order valence-corrected chi connectivity index (χ4v) is 3.49. The predicted molar refractivity (Wildman–Crippen MR) is 101 cm³/mol. The van der Waals surface area contributed by atoms with Gasteiger partial charge in [-0.3, -0.25) is 14.6 Å². The zero-order valence-electron chi connectivity index (χ0n) is 14.5. The SMILES string of the molecule is O=C1CCC(C(=O)Nc2cnccc2-c2ccc(F)cc2)c2ccccc21. The van der Waals surface area contributed by atoms with Crippen LogP contribution in [0, 0.1) is 5.82 Å². The van der Waals surface area contributed by atoms with Crippen molar-refractivity contribution in [2.24, 2.45) is 0 Å². The second-order valence-corrected chi connectivity index (χ2v) is 6.52. The molecule has 4 nitrogen and oxygen atoms in total. The molecule has 27 heavy (non-hydrogen) atoms. The molecule has 1 N–H and O–H groups in total. The molecule has 1 aliphatic carbocycles. The fraction of sp³-hybridized carbons (Fsp3) is 0.136. The third-order valence-corrected chi connectivity index (χ3v) is 4.85. The summed E-state index contributed by atoms with van der Waals surface area (Å²) in [6.45, 7) is 0. The van der Waals surface area contributed by atoms with E-state index >= 15 is 0 Å². The van der Waals surface area contributed by atoms with Crippen LogP contribution in [0.1, 0.15) is 34.7 Å². The Morgan fingerprint density at radius 2 is 1.81 bits per heavy atom. The van der Waals surface area contributed by atoms with E-state index < -0.39 is 0 Å². The first-order valence-electron chi connectivity index (χ1n) is 8.76. The number of halogens is 1. The van der Waals surface area contributed by atoms with E-state index in [0.717, 1.165) is 16.7 Å². The van der Waals surface area contributed by atoms with E-state index in [2.05, 4.69) is 10.3 Å². The Bertz CT molecular complexity index is 1010. The van der Waals surface area contributed by atoms with Crippen molar-refractivity contribution in [1.29, 1.82) is 0 Å². The molecular weight excluding hydrogens is 343 g/mol. The molecule has 0 bridgehead atoms. The lowest BCUT2D eigenvalue weighted by Gasteiger charge is -2.24. The number of anilines is 1. The van der Waals surface area contributed by atoms with Crippen LogP contribution in [0.4, 0.5) is 10.1 Å². The van der Waals surface area contributed by atoms with Gasteiger partial charge in [0.1, 0.15) is 5.82 Å². The maximum atomic E-state index is 13.2. The van der Waals surface area contributed by atoms with Crippen LogP contribution in [0.3, 0.4) is 0 Å². The molecule has 0 aliphatic heterocycles. The van der Waals surface area contributed by atoms with Crippen molar-refractivity contribution < 1.29 is 14.0 Å². The number of carbonyl (C=O) groups excluding carboxylic acids is 2. The molecule has 1 heterocycles. The third kappa shape index (κ3) is 3.36. The number of pyridine rings is 1. The van der Waals surface area contributed by atoms with Gasteiger partial charge in [0.05, 0.1) is 17.8 Å². The van der Waals surface area contributed by atoms with Crippen LogP contribution in [0.15, 0.2) is 67.0 Å². The minimum absolute atomic E-state index is 0.0722. The first-order chi connectivity index (χ1) is 13.1. The van der Waals surface area contributed by atoms with Gasteiger partial charge in [0.2, 0.25) is 5.91 Å². The largest absolute Gasteiger partial charge is 0.324 e. The second kappa shape index (κ2) is 7.11. The smallest absolute Gasteiger partial charge is 0.232 e. The van der Waals surface area contributed by atoms with Crippen molar-refractivity contribution in [1.82, 2.24) is 4.98 Å². The van der Waals surface area contributed by atoms with Crippen molar-refractivity contribution in [3.8, 4) is 11.1 Å². The van der Waals surface area contributed by atoms with Crippen LogP contribution in [-0.4, -0.2) is 16.7 Å². The summed E-state index contributed by atoms with van der Waals surface area (Å²) in [6.07, 6.45) is 4.04. The summed E-state index contributed by atoms with van der Waals surface area (Å²) in [6, 6.07) is 15.1. The maximum absolute atomic E-state index is 13.2. The summed E-state index contributed by atoms with van der Waals surface area (Å²) in [5, 5.41) is 2.94. The Labute approximate surface area is 156 Å². The Morgan fingerprint density at radius 1 is 1.04 bits per heavy atom. The highest BCUT2D eigenvalue weighted by Gasteiger charge is 2.30. The minimum Gasteiger partial charge on any atom is -0.324 e. The van der Waals surface area contributed by atoms with Crippen molar-refractivity contribution >= 4 is 17.4 Å². The van der Waals surface area contributed by atoms with Crippen molar-refractivity contribution in [3.63, 3.8) is 0 Å². The summed E-state index contributed by atoms with van der Waals surface area (Å²) in [5.74, 6) is -0.809. The van der Waals surface area contributed by atoms with E-state index in [1.54, 1.807) is 36.7 Å². The highest BCUT2D eigenvalue weighted by Crippen LogP contribution is 2.34. The molecule has 1 unspecified atom stereocenters. The lowest BCUT2D eigenvalue weighted by molar-refractivity contribution is -0.117. The Morgan fingerprint density at radius 3 is 2.63 bits per heavy atom. The minimum atomic E-state index is -0.389. The maximum Gasteiger partial charge on any atom is 0.232 e. The Kier molecular flexibility index (Phi) is 4.50. The number of aromatic nitrogens is 1. The summed E-state index contributed by atoms with van der Waals surface area (Å²) in [4.78, 5) is 29.2. The number of nitrogens with one attached hydrogen (secondary N) is 1. The first-order valence-corrected chi connectivity index (χ1v) is 8.76. The first kappa shape index (κ1) is 17.1. The number of rotatable bonds is 3. The van der Waals surface area contributed by atoms with Gasteiger partial charge >= 0.3 is 0 Å². The molecule has 2 aromatic carbocycles. The number of ketones is 1. The van der Waals surface area contributed by atoms with E-state index in [-0.39, 0.29) is 23.4 Å². The molecule has 134 valence electrons. The molecular formula is C22H17FN2O2. The van der Waals surface area contributed by atoms with E-state index in [4.69, 9.17) is 0 Å². The van der Waals surface area contributed by atoms with E-state index in [1.165, 1.54) is 12.1 Å². The van der Waals surface area contributed by atoms with Gasteiger partial charge in [-0.25, -0.2) is 4.39 Å². The fourth-order valence-electron chi connectivity index (χ4n) is 3.49. The van der Waals surface area contributed by atoms with Crippen LogP contribution in [0.5, 0.6) is 0 Å². The van der Waals surface area contributed by atoms with Gasteiger partial charge < -0.3 is 5.32 Å². The van der Waals surface area contributed by atoms with Gasteiger partial charge in [0.15, 0.2) is 5.78 Å². The van der Waals surface area contributed by atoms with Crippen molar-refractivity contribution in [2.75, 3.05) is 5.32 Å².